The molecule has 2 aromatic carbocycles. The van der Waals surface area contributed by atoms with Gasteiger partial charge in [-0.05, 0) is 61.4 Å². The summed E-state index contributed by atoms with van der Waals surface area (Å²) in [4.78, 5) is 0. The van der Waals surface area contributed by atoms with Crippen molar-refractivity contribution in [2.75, 3.05) is 5.32 Å². The van der Waals surface area contributed by atoms with Crippen LogP contribution in [0.4, 0.5) is 5.69 Å². The second-order valence-corrected chi connectivity index (χ2v) is 5.89. The molecule has 21 heavy (non-hydrogen) atoms. The van der Waals surface area contributed by atoms with E-state index in [2.05, 4.69) is 70.3 Å². The summed E-state index contributed by atoms with van der Waals surface area (Å²) < 4.78 is 0. The Morgan fingerprint density at radius 3 is 1.86 bits per heavy atom. The number of hydrogen-bond donors (Lipinski definition) is 1. The summed E-state index contributed by atoms with van der Waals surface area (Å²) in [5.41, 5.74) is 9.69. The van der Waals surface area contributed by atoms with Crippen LogP contribution >= 0.6 is 0 Å². The van der Waals surface area contributed by atoms with Crippen LogP contribution in [-0.2, 0) is 19.4 Å². The van der Waals surface area contributed by atoms with Crippen LogP contribution in [-0.4, -0.2) is 0 Å². The summed E-state index contributed by atoms with van der Waals surface area (Å²) in [7, 11) is 0. The smallest absolute Gasteiger partial charge is 0.0407 e. The molecular weight excluding hydrogens is 254 g/mol. The van der Waals surface area contributed by atoms with Gasteiger partial charge in [0.15, 0.2) is 0 Å². The highest BCUT2D eigenvalue weighted by atomic mass is 14.9. The summed E-state index contributed by atoms with van der Waals surface area (Å²) in [6.45, 7) is 11.9. The molecule has 1 heteroatoms. The molecule has 0 saturated carbocycles. The minimum Gasteiger partial charge on any atom is -0.381 e. The molecule has 1 nitrogen and oxygen atoms in total. The summed E-state index contributed by atoms with van der Waals surface area (Å²) in [5, 5.41) is 3.70. The number of nitrogens with one attached hydrogen (secondary N) is 1. The lowest BCUT2D eigenvalue weighted by molar-refractivity contribution is 1.03. The molecule has 0 spiro atoms. The average Bonchev–Trinajstić information content (AvgIpc) is 2.45. The third-order valence-electron chi connectivity index (χ3n) is 4.28. The molecule has 0 fully saturated rings. The normalized spacial score (nSPS) is 10.7. The first kappa shape index (κ1) is 15.6. The fraction of sp³-hybridized carbons (Fsp3) is 0.400. The van der Waals surface area contributed by atoms with Crippen LogP contribution in [0.25, 0.3) is 0 Å². The molecule has 0 unspecified atom stereocenters. The Morgan fingerprint density at radius 1 is 0.857 bits per heavy atom. The third-order valence-corrected chi connectivity index (χ3v) is 4.28. The molecule has 0 atom stereocenters. The molecule has 0 aromatic heterocycles. The van der Waals surface area contributed by atoms with Crippen molar-refractivity contribution < 1.29 is 0 Å². The predicted octanol–water partition coefficient (Wildman–Crippen LogP) is 5.35. The molecular formula is C20H27N. The Morgan fingerprint density at radius 2 is 1.38 bits per heavy atom. The Balaban J connectivity index is 2.28. The maximum atomic E-state index is 3.70. The van der Waals surface area contributed by atoms with Gasteiger partial charge in [0.05, 0.1) is 0 Å². The van der Waals surface area contributed by atoms with Crippen LogP contribution in [0.3, 0.4) is 0 Å². The van der Waals surface area contributed by atoms with E-state index in [0.717, 1.165) is 19.4 Å². The van der Waals surface area contributed by atoms with Gasteiger partial charge in [-0.2, -0.15) is 0 Å². The third kappa shape index (κ3) is 3.47. The maximum absolute atomic E-state index is 3.70. The van der Waals surface area contributed by atoms with Crippen LogP contribution in [0.15, 0.2) is 30.3 Å². The molecule has 1 N–H and O–H groups in total. The van der Waals surface area contributed by atoms with Gasteiger partial charge in [-0.25, -0.2) is 0 Å². The molecule has 2 aromatic rings. The molecule has 2 rings (SSSR count). The minimum atomic E-state index is 0.905. The van der Waals surface area contributed by atoms with Gasteiger partial charge < -0.3 is 5.32 Å². The van der Waals surface area contributed by atoms with Crippen molar-refractivity contribution in [2.45, 2.75) is 54.0 Å². The maximum Gasteiger partial charge on any atom is 0.0407 e. The summed E-state index contributed by atoms with van der Waals surface area (Å²) in [5.74, 6) is 0. The minimum absolute atomic E-state index is 0.905. The van der Waals surface area contributed by atoms with E-state index in [1.165, 1.54) is 39.1 Å². The fourth-order valence-corrected chi connectivity index (χ4v) is 3.14. The monoisotopic (exact) mass is 281 g/mol. The van der Waals surface area contributed by atoms with E-state index in [9.17, 15) is 0 Å². The SMILES string of the molecule is CCc1cccc(CC)c1NCc1c(C)cc(C)cc1C. The molecule has 0 radical (unpaired) electrons. The number of aryl methyl sites for hydroxylation is 5. The van der Waals surface area contributed by atoms with E-state index < -0.39 is 0 Å². The standard InChI is InChI=1S/C20H27N/c1-6-17-9-8-10-18(7-2)20(17)21-13-19-15(4)11-14(3)12-16(19)5/h8-12,21H,6-7,13H2,1-5H3. The summed E-state index contributed by atoms with van der Waals surface area (Å²) in [6, 6.07) is 11.2. The number of para-hydroxylation sites is 1. The second-order valence-electron chi connectivity index (χ2n) is 5.89. The topological polar surface area (TPSA) is 12.0 Å². The molecule has 0 saturated heterocycles. The Hall–Kier alpha value is -1.76. The van der Waals surface area contributed by atoms with Crippen LogP contribution in [0, 0.1) is 20.8 Å². The molecule has 0 aliphatic carbocycles. The predicted molar refractivity (Wildman–Crippen MR) is 93.2 cm³/mol. The number of benzene rings is 2. The van der Waals surface area contributed by atoms with Crippen molar-refractivity contribution in [2.24, 2.45) is 0 Å². The van der Waals surface area contributed by atoms with Crippen molar-refractivity contribution in [1.82, 2.24) is 0 Å². The molecule has 112 valence electrons. The zero-order chi connectivity index (χ0) is 15.4. The van der Waals surface area contributed by atoms with Crippen LogP contribution < -0.4 is 5.32 Å². The highest BCUT2D eigenvalue weighted by Crippen LogP contribution is 2.25. The van der Waals surface area contributed by atoms with E-state index >= 15 is 0 Å². The van der Waals surface area contributed by atoms with E-state index in [1.54, 1.807) is 0 Å². The Bertz CT molecular complexity index is 580. The lowest BCUT2D eigenvalue weighted by Crippen LogP contribution is -2.08. The largest absolute Gasteiger partial charge is 0.381 e. The first-order valence-corrected chi connectivity index (χ1v) is 7.98. The van der Waals surface area contributed by atoms with Gasteiger partial charge in [0.2, 0.25) is 0 Å². The van der Waals surface area contributed by atoms with Gasteiger partial charge in [-0.15, -0.1) is 0 Å². The van der Waals surface area contributed by atoms with Gasteiger partial charge in [0, 0.05) is 12.2 Å². The highest BCUT2D eigenvalue weighted by Gasteiger charge is 2.08. The second kappa shape index (κ2) is 6.80. The molecule has 0 bridgehead atoms. The van der Waals surface area contributed by atoms with E-state index in [4.69, 9.17) is 0 Å². The summed E-state index contributed by atoms with van der Waals surface area (Å²) >= 11 is 0. The van der Waals surface area contributed by atoms with Crippen LogP contribution in [0.2, 0.25) is 0 Å². The van der Waals surface area contributed by atoms with Crippen LogP contribution in [0.5, 0.6) is 0 Å². The van der Waals surface area contributed by atoms with Crippen molar-refractivity contribution in [3.8, 4) is 0 Å². The van der Waals surface area contributed by atoms with Gasteiger partial charge in [0.25, 0.3) is 0 Å². The van der Waals surface area contributed by atoms with Gasteiger partial charge in [0.1, 0.15) is 0 Å². The Kier molecular flexibility index (Phi) is 5.06. The zero-order valence-corrected chi connectivity index (χ0v) is 14.0. The molecule has 0 aliphatic rings. The number of hydrogen-bond acceptors (Lipinski definition) is 1. The average molecular weight is 281 g/mol. The van der Waals surface area contributed by atoms with Gasteiger partial charge >= 0.3 is 0 Å². The van der Waals surface area contributed by atoms with Crippen molar-refractivity contribution in [1.29, 1.82) is 0 Å². The number of rotatable bonds is 5. The van der Waals surface area contributed by atoms with E-state index in [1.807, 2.05) is 0 Å². The first-order valence-electron chi connectivity index (χ1n) is 7.98. The van der Waals surface area contributed by atoms with Gasteiger partial charge in [-0.3, -0.25) is 0 Å². The lowest BCUT2D eigenvalue weighted by Gasteiger charge is -2.18. The highest BCUT2D eigenvalue weighted by molar-refractivity contribution is 5.58. The first-order chi connectivity index (χ1) is 10.1. The van der Waals surface area contributed by atoms with Crippen LogP contribution in [0.1, 0.15) is 47.2 Å². The summed E-state index contributed by atoms with van der Waals surface area (Å²) in [6.07, 6.45) is 2.14. The van der Waals surface area contributed by atoms with E-state index in [0.29, 0.717) is 0 Å². The van der Waals surface area contributed by atoms with Crippen molar-refractivity contribution in [3.05, 3.63) is 63.7 Å². The molecule has 0 amide bonds. The van der Waals surface area contributed by atoms with E-state index in [-0.39, 0.29) is 0 Å². The molecule has 0 heterocycles. The fourth-order valence-electron chi connectivity index (χ4n) is 3.14. The van der Waals surface area contributed by atoms with Crippen molar-refractivity contribution in [3.63, 3.8) is 0 Å². The quantitative estimate of drug-likeness (QED) is 0.779. The van der Waals surface area contributed by atoms with Crippen molar-refractivity contribution >= 4 is 5.69 Å². The lowest BCUT2D eigenvalue weighted by atomic mass is 9.98. The molecule has 0 aliphatic heterocycles. The number of anilines is 1. The Labute approximate surface area is 129 Å². The zero-order valence-electron chi connectivity index (χ0n) is 14.0. The van der Waals surface area contributed by atoms with Gasteiger partial charge in [-0.1, -0.05) is 49.7 Å².